The van der Waals surface area contributed by atoms with Crippen LogP contribution in [0.2, 0.25) is 0 Å². The molecule has 9 heteroatoms. The first-order valence-corrected chi connectivity index (χ1v) is 9.80. The Kier molecular flexibility index (Phi) is 5.00. The van der Waals surface area contributed by atoms with Gasteiger partial charge in [0.15, 0.2) is 11.6 Å². The van der Waals surface area contributed by atoms with Crippen molar-refractivity contribution in [2.75, 3.05) is 23.3 Å². The molecule has 0 unspecified atom stereocenters. The minimum absolute atomic E-state index is 0. The van der Waals surface area contributed by atoms with Crippen molar-refractivity contribution in [3.63, 3.8) is 0 Å². The molecule has 0 atom stereocenters. The summed E-state index contributed by atoms with van der Waals surface area (Å²) < 4.78 is 27.6. The number of rotatable bonds is 3. The highest BCUT2D eigenvalue weighted by Crippen LogP contribution is 2.38. The zero-order valence-electron chi connectivity index (χ0n) is 15.7. The van der Waals surface area contributed by atoms with Gasteiger partial charge in [0.05, 0.1) is 16.4 Å². The summed E-state index contributed by atoms with van der Waals surface area (Å²) in [6, 6.07) is 6.20. The van der Waals surface area contributed by atoms with E-state index in [1.54, 1.807) is 23.6 Å². The number of aromatic nitrogens is 3. The Bertz CT molecular complexity index is 1220. The monoisotopic (exact) mass is 433 g/mol. The van der Waals surface area contributed by atoms with Crippen LogP contribution in [0.25, 0.3) is 20.3 Å². The molecule has 4 aromatic rings. The summed E-state index contributed by atoms with van der Waals surface area (Å²) in [6.07, 6.45) is 1.80. The van der Waals surface area contributed by atoms with Crippen molar-refractivity contribution in [1.29, 1.82) is 0 Å². The van der Waals surface area contributed by atoms with Gasteiger partial charge in [-0.2, -0.15) is 5.10 Å². The highest BCUT2D eigenvalue weighted by molar-refractivity contribution is 7.26. The molecule has 1 saturated heterocycles. The molecular weight excluding hydrogens is 416 g/mol. The van der Waals surface area contributed by atoms with Gasteiger partial charge in [-0.3, -0.25) is 0 Å². The van der Waals surface area contributed by atoms with Gasteiger partial charge < -0.3 is 10.2 Å². The second-order valence-corrected chi connectivity index (χ2v) is 8.07. The van der Waals surface area contributed by atoms with Gasteiger partial charge in [-0.25, -0.2) is 13.8 Å². The topological polar surface area (TPSA) is 53.9 Å². The lowest BCUT2D eigenvalue weighted by Gasteiger charge is -2.41. The smallest absolute Gasteiger partial charge is 0.160 e. The summed E-state index contributed by atoms with van der Waals surface area (Å²) in [6.45, 7) is 5.43. The second kappa shape index (κ2) is 7.35. The van der Waals surface area contributed by atoms with E-state index < -0.39 is 11.6 Å². The number of halogens is 3. The first kappa shape index (κ1) is 19.7. The Hall–Kier alpha value is -2.58. The molecule has 0 radical (unpaired) electrons. The molecule has 1 aromatic carbocycles. The SMILES string of the molecule is Cc1nnc2sc3c(NC4CN(c5ccc(F)c(F)c5)C4)nccc3c2c1C.Cl. The first-order valence-electron chi connectivity index (χ1n) is 8.99. The van der Waals surface area contributed by atoms with E-state index in [2.05, 4.69) is 27.4 Å². The first-order chi connectivity index (χ1) is 13.5. The Balaban J connectivity index is 0.00000205. The third-order valence-corrected chi connectivity index (χ3v) is 6.38. The summed E-state index contributed by atoms with van der Waals surface area (Å²) in [5.74, 6) is -0.821. The van der Waals surface area contributed by atoms with Crippen molar-refractivity contribution in [2.45, 2.75) is 19.9 Å². The average molecular weight is 434 g/mol. The summed E-state index contributed by atoms with van der Waals surface area (Å²) in [4.78, 5) is 7.44. The summed E-state index contributed by atoms with van der Waals surface area (Å²) in [5.41, 5.74) is 2.76. The zero-order chi connectivity index (χ0) is 19.4. The normalized spacial score (nSPS) is 14.1. The Labute approximate surface area is 176 Å². The van der Waals surface area contributed by atoms with Gasteiger partial charge in [0.25, 0.3) is 0 Å². The fraction of sp³-hybridized carbons (Fsp3) is 0.250. The standard InChI is InChI=1S/C20H17F2N5S.ClH/c1-10-11(2)25-26-20-17(10)14-5-6-23-19(18(14)28-20)24-12-8-27(9-12)13-3-4-15(21)16(22)7-13;/h3-7,12H,8-9H2,1-2H3,(H,23,24);1H. The maximum atomic E-state index is 13.4. The lowest BCUT2D eigenvalue weighted by molar-refractivity contribution is 0.503. The molecule has 1 fully saturated rings. The molecule has 4 heterocycles. The fourth-order valence-electron chi connectivity index (χ4n) is 3.58. The molecule has 0 aliphatic carbocycles. The Morgan fingerprint density at radius 1 is 1.10 bits per heavy atom. The molecule has 5 rings (SSSR count). The van der Waals surface area contributed by atoms with Crippen LogP contribution in [0.15, 0.2) is 30.5 Å². The second-order valence-electron chi connectivity index (χ2n) is 7.07. The number of hydrogen-bond donors (Lipinski definition) is 1. The lowest BCUT2D eigenvalue weighted by atomic mass is 10.1. The number of benzene rings is 1. The van der Waals surface area contributed by atoms with Crippen LogP contribution in [0.5, 0.6) is 0 Å². The van der Waals surface area contributed by atoms with Crippen molar-refractivity contribution >= 4 is 55.6 Å². The zero-order valence-corrected chi connectivity index (χ0v) is 17.4. The van der Waals surface area contributed by atoms with Crippen LogP contribution in [0.1, 0.15) is 11.3 Å². The molecule has 0 spiro atoms. The van der Waals surface area contributed by atoms with E-state index in [-0.39, 0.29) is 18.4 Å². The lowest BCUT2D eigenvalue weighted by Crippen LogP contribution is -2.55. The molecule has 1 N–H and O–H groups in total. The number of anilines is 2. The van der Waals surface area contributed by atoms with Gasteiger partial charge in [0.1, 0.15) is 10.6 Å². The number of pyridine rings is 1. The van der Waals surface area contributed by atoms with Crippen LogP contribution < -0.4 is 10.2 Å². The molecule has 1 aliphatic heterocycles. The number of nitrogens with zero attached hydrogens (tertiary/aromatic N) is 4. The van der Waals surface area contributed by atoms with Crippen LogP contribution >= 0.6 is 23.7 Å². The molecule has 29 heavy (non-hydrogen) atoms. The van der Waals surface area contributed by atoms with E-state index in [9.17, 15) is 8.78 Å². The van der Waals surface area contributed by atoms with E-state index in [1.807, 2.05) is 17.9 Å². The Morgan fingerprint density at radius 3 is 2.66 bits per heavy atom. The molecule has 1 aliphatic rings. The number of fused-ring (bicyclic) bond motifs is 3. The van der Waals surface area contributed by atoms with E-state index >= 15 is 0 Å². The number of aryl methyl sites for hydroxylation is 2. The van der Waals surface area contributed by atoms with Crippen molar-refractivity contribution in [3.8, 4) is 0 Å². The molecule has 0 bridgehead atoms. The Morgan fingerprint density at radius 2 is 1.90 bits per heavy atom. The van der Waals surface area contributed by atoms with E-state index in [4.69, 9.17) is 0 Å². The van der Waals surface area contributed by atoms with Crippen molar-refractivity contribution in [3.05, 3.63) is 53.4 Å². The largest absolute Gasteiger partial charge is 0.367 e. The third kappa shape index (κ3) is 3.26. The van der Waals surface area contributed by atoms with Crippen LogP contribution in [-0.2, 0) is 0 Å². The molecule has 3 aromatic heterocycles. The highest BCUT2D eigenvalue weighted by atomic mass is 35.5. The quantitative estimate of drug-likeness (QED) is 0.500. The number of nitrogens with one attached hydrogen (secondary N) is 1. The van der Waals surface area contributed by atoms with Crippen molar-refractivity contribution in [1.82, 2.24) is 15.2 Å². The van der Waals surface area contributed by atoms with Crippen LogP contribution in [0.3, 0.4) is 0 Å². The van der Waals surface area contributed by atoms with Crippen LogP contribution in [0, 0.1) is 25.5 Å². The molecule has 0 amide bonds. The van der Waals surface area contributed by atoms with Crippen LogP contribution in [-0.4, -0.2) is 34.3 Å². The molecule has 150 valence electrons. The van der Waals surface area contributed by atoms with E-state index in [0.717, 1.165) is 43.4 Å². The molecule has 5 nitrogen and oxygen atoms in total. The van der Waals surface area contributed by atoms with Gasteiger partial charge in [0, 0.05) is 41.8 Å². The van der Waals surface area contributed by atoms with E-state index in [0.29, 0.717) is 18.8 Å². The maximum Gasteiger partial charge on any atom is 0.160 e. The van der Waals surface area contributed by atoms with Gasteiger partial charge in [-0.1, -0.05) is 0 Å². The predicted molar refractivity (Wildman–Crippen MR) is 115 cm³/mol. The maximum absolute atomic E-state index is 13.4. The number of thiophene rings is 1. The number of hydrogen-bond acceptors (Lipinski definition) is 6. The molecular formula is C20H18ClF2N5S. The average Bonchev–Trinajstić information content (AvgIpc) is 3.03. The fourth-order valence-corrected chi connectivity index (χ4v) is 4.71. The minimum atomic E-state index is -0.826. The minimum Gasteiger partial charge on any atom is -0.367 e. The van der Waals surface area contributed by atoms with Crippen molar-refractivity contribution in [2.24, 2.45) is 0 Å². The van der Waals surface area contributed by atoms with Crippen LogP contribution in [0.4, 0.5) is 20.3 Å². The van der Waals surface area contributed by atoms with Gasteiger partial charge in [-0.05, 0) is 37.6 Å². The van der Waals surface area contributed by atoms with Gasteiger partial charge >= 0.3 is 0 Å². The van der Waals surface area contributed by atoms with Crippen molar-refractivity contribution < 1.29 is 8.78 Å². The molecule has 0 saturated carbocycles. The predicted octanol–water partition coefficient (Wildman–Crippen LogP) is 4.86. The third-order valence-electron chi connectivity index (χ3n) is 5.29. The van der Waals surface area contributed by atoms with Gasteiger partial charge in [-0.15, -0.1) is 28.8 Å². The summed E-state index contributed by atoms with van der Waals surface area (Å²) in [5, 5.41) is 14.3. The van der Waals surface area contributed by atoms with E-state index in [1.165, 1.54) is 6.07 Å². The summed E-state index contributed by atoms with van der Waals surface area (Å²) in [7, 11) is 0. The highest BCUT2D eigenvalue weighted by Gasteiger charge is 2.28. The van der Waals surface area contributed by atoms with Gasteiger partial charge in [0.2, 0.25) is 0 Å². The summed E-state index contributed by atoms with van der Waals surface area (Å²) >= 11 is 1.58.